The lowest BCUT2D eigenvalue weighted by Gasteiger charge is -2.10. The number of nitrogen functional groups attached to an aromatic ring is 1. The van der Waals surface area contributed by atoms with E-state index in [9.17, 15) is 0 Å². The highest BCUT2D eigenvalue weighted by Gasteiger charge is 2.04. The highest BCUT2D eigenvalue weighted by molar-refractivity contribution is 5.97. The number of anilines is 2. The monoisotopic (exact) mass is 277 g/mol. The number of hydrogen-bond acceptors (Lipinski definition) is 3. The van der Waals surface area contributed by atoms with Gasteiger partial charge in [0.05, 0.1) is 11.2 Å². The van der Waals surface area contributed by atoms with Crippen molar-refractivity contribution in [1.29, 1.82) is 0 Å². The van der Waals surface area contributed by atoms with E-state index in [0.717, 1.165) is 29.6 Å². The maximum absolute atomic E-state index is 5.97. The number of aryl methyl sites for hydroxylation is 1. The third kappa shape index (κ3) is 2.82. The molecule has 0 bridgehead atoms. The molecule has 3 aromatic rings. The summed E-state index contributed by atoms with van der Waals surface area (Å²) in [6, 6.07) is 16.6. The maximum atomic E-state index is 5.97. The van der Waals surface area contributed by atoms with E-state index in [0.29, 0.717) is 5.69 Å². The van der Waals surface area contributed by atoms with Crippen LogP contribution in [0.15, 0.2) is 54.7 Å². The molecule has 0 saturated carbocycles. The van der Waals surface area contributed by atoms with Crippen LogP contribution < -0.4 is 11.1 Å². The summed E-state index contributed by atoms with van der Waals surface area (Å²) in [5.41, 5.74) is 11.2. The molecule has 0 aliphatic carbocycles. The van der Waals surface area contributed by atoms with Crippen molar-refractivity contribution in [3.63, 3.8) is 0 Å². The van der Waals surface area contributed by atoms with Crippen molar-refractivity contribution in [3.05, 3.63) is 65.9 Å². The fourth-order valence-electron chi connectivity index (χ4n) is 2.44. The zero-order valence-corrected chi connectivity index (χ0v) is 12.1. The van der Waals surface area contributed by atoms with Gasteiger partial charge in [-0.15, -0.1) is 0 Å². The first kappa shape index (κ1) is 13.4. The predicted molar refractivity (Wildman–Crippen MR) is 89.3 cm³/mol. The third-order valence-electron chi connectivity index (χ3n) is 3.72. The Morgan fingerprint density at radius 3 is 2.52 bits per heavy atom. The average Bonchev–Trinajstić information content (AvgIpc) is 2.54. The second-order valence-corrected chi connectivity index (χ2v) is 5.13. The molecule has 2 aromatic carbocycles. The van der Waals surface area contributed by atoms with Crippen molar-refractivity contribution in [2.24, 2.45) is 0 Å². The number of pyridine rings is 1. The molecule has 21 heavy (non-hydrogen) atoms. The molecule has 106 valence electrons. The molecule has 0 amide bonds. The molecule has 1 heterocycles. The summed E-state index contributed by atoms with van der Waals surface area (Å²) in [6.45, 7) is 2.96. The topological polar surface area (TPSA) is 50.9 Å². The van der Waals surface area contributed by atoms with Crippen LogP contribution >= 0.6 is 0 Å². The molecule has 0 fully saturated rings. The molecule has 0 aliphatic rings. The molecule has 3 nitrogen and oxygen atoms in total. The summed E-state index contributed by atoms with van der Waals surface area (Å²) in [4.78, 5) is 4.35. The van der Waals surface area contributed by atoms with E-state index in [1.165, 1.54) is 11.1 Å². The van der Waals surface area contributed by atoms with Crippen molar-refractivity contribution in [1.82, 2.24) is 4.98 Å². The summed E-state index contributed by atoms with van der Waals surface area (Å²) in [6.07, 6.45) is 2.86. The smallest absolute Gasteiger partial charge is 0.0951 e. The van der Waals surface area contributed by atoms with E-state index in [1.807, 2.05) is 24.3 Å². The minimum atomic E-state index is 0.712. The van der Waals surface area contributed by atoms with Crippen LogP contribution in [-0.4, -0.2) is 4.98 Å². The minimum Gasteiger partial charge on any atom is -0.397 e. The van der Waals surface area contributed by atoms with Gasteiger partial charge in [-0.1, -0.05) is 43.3 Å². The van der Waals surface area contributed by atoms with Gasteiger partial charge in [-0.3, -0.25) is 4.98 Å². The van der Waals surface area contributed by atoms with Crippen LogP contribution in [0.3, 0.4) is 0 Å². The quantitative estimate of drug-likeness (QED) is 0.709. The first-order valence-electron chi connectivity index (χ1n) is 7.23. The summed E-state index contributed by atoms with van der Waals surface area (Å²) in [5.74, 6) is 0. The molecule has 0 spiro atoms. The molecule has 3 heteroatoms. The van der Waals surface area contributed by atoms with E-state index in [-0.39, 0.29) is 0 Å². The highest BCUT2D eigenvalue weighted by Crippen LogP contribution is 2.25. The number of fused-ring (bicyclic) bond motifs is 1. The number of benzene rings is 2. The van der Waals surface area contributed by atoms with Crippen molar-refractivity contribution in [3.8, 4) is 0 Å². The predicted octanol–water partition coefficient (Wildman–Crippen LogP) is 3.99. The van der Waals surface area contributed by atoms with Gasteiger partial charge in [0.15, 0.2) is 0 Å². The summed E-state index contributed by atoms with van der Waals surface area (Å²) in [7, 11) is 0. The van der Waals surface area contributed by atoms with Gasteiger partial charge >= 0.3 is 0 Å². The molecule has 0 unspecified atom stereocenters. The Bertz CT molecular complexity index is 748. The molecule has 0 aliphatic heterocycles. The van der Waals surface area contributed by atoms with Gasteiger partial charge in [-0.05, 0) is 29.7 Å². The Labute approximate surface area is 124 Å². The Morgan fingerprint density at radius 1 is 1.00 bits per heavy atom. The molecule has 0 atom stereocenters. The largest absolute Gasteiger partial charge is 0.397 e. The van der Waals surface area contributed by atoms with Crippen LogP contribution in [0.1, 0.15) is 18.1 Å². The number of aromatic nitrogens is 1. The summed E-state index contributed by atoms with van der Waals surface area (Å²) in [5, 5.41) is 4.53. The van der Waals surface area contributed by atoms with Gasteiger partial charge in [0, 0.05) is 23.8 Å². The van der Waals surface area contributed by atoms with Gasteiger partial charge < -0.3 is 11.1 Å². The van der Waals surface area contributed by atoms with E-state index in [1.54, 1.807) is 6.20 Å². The number of nitrogens with two attached hydrogens (primary N) is 1. The van der Waals surface area contributed by atoms with E-state index in [2.05, 4.69) is 41.5 Å². The van der Waals surface area contributed by atoms with Gasteiger partial charge in [-0.25, -0.2) is 0 Å². The number of rotatable bonds is 4. The SMILES string of the molecule is CCc1ccc(CNc2ccnc3c(N)cccc23)cc1. The number of nitrogens with zero attached hydrogens (tertiary/aromatic N) is 1. The van der Waals surface area contributed by atoms with Crippen molar-refractivity contribution >= 4 is 22.3 Å². The number of nitrogens with one attached hydrogen (secondary N) is 1. The summed E-state index contributed by atoms with van der Waals surface area (Å²) < 4.78 is 0. The van der Waals surface area contributed by atoms with Crippen LogP contribution in [0, 0.1) is 0 Å². The second-order valence-electron chi connectivity index (χ2n) is 5.13. The lowest BCUT2D eigenvalue weighted by molar-refractivity contribution is 1.11. The molecule has 0 saturated heterocycles. The molecule has 3 N–H and O–H groups in total. The molecule has 1 aromatic heterocycles. The van der Waals surface area contributed by atoms with Crippen molar-refractivity contribution in [2.75, 3.05) is 11.1 Å². The number of para-hydroxylation sites is 1. The van der Waals surface area contributed by atoms with Crippen LogP contribution in [0.2, 0.25) is 0 Å². The van der Waals surface area contributed by atoms with Gasteiger partial charge in [0.25, 0.3) is 0 Å². The third-order valence-corrected chi connectivity index (χ3v) is 3.72. The first-order valence-corrected chi connectivity index (χ1v) is 7.23. The minimum absolute atomic E-state index is 0.712. The van der Waals surface area contributed by atoms with Crippen LogP contribution in [0.4, 0.5) is 11.4 Å². The second kappa shape index (κ2) is 5.83. The van der Waals surface area contributed by atoms with E-state index in [4.69, 9.17) is 5.73 Å². The van der Waals surface area contributed by atoms with Crippen LogP contribution in [0.25, 0.3) is 10.9 Å². The molecule has 3 rings (SSSR count). The van der Waals surface area contributed by atoms with Crippen molar-refractivity contribution < 1.29 is 0 Å². The highest BCUT2D eigenvalue weighted by atomic mass is 14.9. The summed E-state index contributed by atoms with van der Waals surface area (Å²) >= 11 is 0. The van der Waals surface area contributed by atoms with Gasteiger partial charge in [-0.2, -0.15) is 0 Å². The average molecular weight is 277 g/mol. The molecular weight excluding hydrogens is 258 g/mol. The van der Waals surface area contributed by atoms with Gasteiger partial charge in [0.2, 0.25) is 0 Å². The fraction of sp³-hybridized carbons (Fsp3) is 0.167. The molecular formula is C18H19N3. The maximum Gasteiger partial charge on any atom is 0.0951 e. The van der Waals surface area contributed by atoms with E-state index < -0.39 is 0 Å². The van der Waals surface area contributed by atoms with Gasteiger partial charge in [0.1, 0.15) is 0 Å². The first-order chi connectivity index (χ1) is 10.3. The standard InChI is InChI=1S/C18H19N3/c1-2-13-6-8-14(9-7-13)12-21-17-10-11-20-18-15(17)4-3-5-16(18)19/h3-11H,2,12,19H2,1H3,(H,20,21). The Hall–Kier alpha value is -2.55. The zero-order valence-electron chi connectivity index (χ0n) is 12.1. The Kier molecular flexibility index (Phi) is 3.73. The molecule has 0 radical (unpaired) electrons. The van der Waals surface area contributed by atoms with Crippen LogP contribution in [-0.2, 0) is 13.0 Å². The fourth-order valence-corrected chi connectivity index (χ4v) is 2.44. The van der Waals surface area contributed by atoms with Crippen molar-refractivity contribution in [2.45, 2.75) is 19.9 Å². The Morgan fingerprint density at radius 2 is 1.76 bits per heavy atom. The zero-order chi connectivity index (χ0) is 14.7. The lowest BCUT2D eigenvalue weighted by atomic mass is 10.1. The normalized spacial score (nSPS) is 10.7. The number of hydrogen-bond donors (Lipinski definition) is 2. The lowest BCUT2D eigenvalue weighted by Crippen LogP contribution is -2.01. The Balaban J connectivity index is 1.83. The van der Waals surface area contributed by atoms with Crippen LogP contribution in [0.5, 0.6) is 0 Å². The van der Waals surface area contributed by atoms with E-state index >= 15 is 0 Å².